The fourth-order valence-corrected chi connectivity index (χ4v) is 3.81. The number of pyridine rings is 1. The number of amides is 1. The van der Waals surface area contributed by atoms with Gasteiger partial charge in [0.25, 0.3) is 5.91 Å². The van der Waals surface area contributed by atoms with Crippen molar-refractivity contribution in [1.82, 2.24) is 14.7 Å². The van der Waals surface area contributed by atoms with E-state index in [1.165, 1.54) is 11.8 Å². The molecule has 6 nitrogen and oxygen atoms in total. The molecule has 1 aromatic carbocycles. The van der Waals surface area contributed by atoms with Crippen molar-refractivity contribution >= 4 is 23.2 Å². The number of fused-ring (bicyclic) bond motifs is 2. The minimum atomic E-state index is -0.274. The molecular weight excluding hydrogens is 374 g/mol. The van der Waals surface area contributed by atoms with Crippen LogP contribution in [-0.2, 0) is 5.41 Å². The Morgan fingerprint density at radius 1 is 1.21 bits per heavy atom. The van der Waals surface area contributed by atoms with Gasteiger partial charge in [0.1, 0.15) is 13.2 Å². The van der Waals surface area contributed by atoms with Gasteiger partial charge in [-0.3, -0.25) is 9.20 Å². The standard InChI is InChI=1S/C21H23N3O3S/c1-21(2,14-7-8-16-17(12-14)27-11-10-26-16)13-22-19(25)18-15-6-4-5-9-24(15)20(23-18)28-3/h4-9,12H,10-11,13H2,1-3H3,(H,22,25). The zero-order valence-corrected chi connectivity index (χ0v) is 17.0. The van der Waals surface area contributed by atoms with Crippen molar-refractivity contribution in [2.75, 3.05) is 26.0 Å². The first-order valence-electron chi connectivity index (χ1n) is 9.19. The highest BCUT2D eigenvalue weighted by Gasteiger charge is 2.25. The molecule has 0 radical (unpaired) electrons. The molecule has 0 aliphatic carbocycles. The van der Waals surface area contributed by atoms with Gasteiger partial charge >= 0.3 is 0 Å². The highest BCUT2D eigenvalue weighted by Crippen LogP contribution is 2.35. The van der Waals surface area contributed by atoms with Gasteiger partial charge in [-0.1, -0.05) is 37.7 Å². The van der Waals surface area contributed by atoms with Crippen LogP contribution in [0.3, 0.4) is 0 Å². The molecule has 1 aliphatic rings. The summed E-state index contributed by atoms with van der Waals surface area (Å²) in [6.45, 7) is 5.79. The van der Waals surface area contributed by atoms with Crippen LogP contribution in [0, 0.1) is 0 Å². The number of benzene rings is 1. The van der Waals surface area contributed by atoms with Crippen LogP contribution in [0.5, 0.6) is 11.5 Å². The second kappa shape index (κ2) is 7.39. The topological polar surface area (TPSA) is 64.9 Å². The number of rotatable bonds is 5. The largest absolute Gasteiger partial charge is 0.486 e. The maximum absolute atomic E-state index is 12.9. The van der Waals surface area contributed by atoms with Crippen molar-refractivity contribution in [3.63, 3.8) is 0 Å². The molecule has 1 N–H and O–H groups in total. The lowest BCUT2D eigenvalue weighted by atomic mass is 9.84. The molecule has 0 saturated carbocycles. The number of ether oxygens (including phenoxy) is 2. The van der Waals surface area contributed by atoms with Crippen LogP contribution in [-0.4, -0.2) is 41.3 Å². The Kier molecular flexibility index (Phi) is 4.93. The molecule has 0 atom stereocenters. The summed E-state index contributed by atoms with van der Waals surface area (Å²) in [4.78, 5) is 17.4. The summed E-state index contributed by atoms with van der Waals surface area (Å²) in [7, 11) is 0. The van der Waals surface area contributed by atoms with Crippen molar-refractivity contribution in [3.8, 4) is 11.5 Å². The number of imidazole rings is 1. The normalized spacial score (nSPS) is 13.5. The summed E-state index contributed by atoms with van der Waals surface area (Å²) < 4.78 is 13.2. The Morgan fingerprint density at radius 2 is 2.00 bits per heavy atom. The Labute approximate surface area is 168 Å². The quantitative estimate of drug-likeness (QED) is 0.667. The number of hydrogen-bond acceptors (Lipinski definition) is 5. The van der Waals surface area contributed by atoms with Crippen LogP contribution < -0.4 is 14.8 Å². The van der Waals surface area contributed by atoms with E-state index in [4.69, 9.17) is 9.47 Å². The van der Waals surface area contributed by atoms with Gasteiger partial charge in [-0.25, -0.2) is 4.98 Å². The molecule has 4 rings (SSSR count). The summed E-state index contributed by atoms with van der Waals surface area (Å²) in [6, 6.07) is 11.7. The maximum atomic E-state index is 12.9. The van der Waals surface area contributed by atoms with Gasteiger partial charge in [-0.2, -0.15) is 0 Å². The van der Waals surface area contributed by atoms with Crippen LogP contribution in [0.15, 0.2) is 47.8 Å². The summed E-state index contributed by atoms with van der Waals surface area (Å²) in [5, 5.41) is 3.85. The van der Waals surface area contributed by atoms with E-state index in [0.29, 0.717) is 25.5 Å². The van der Waals surface area contributed by atoms with Crippen LogP contribution in [0.2, 0.25) is 0 Å². The zero-order valence-electron chi connectivity index (χ0n) is 16.2. The van der Waals surface area contributed by atoms with E-state index < -0.39 is 0 Å². The first-order chi connectivity index (χ1) is 13.5. The smallest absolute Gasteiger partial charge is 0.272 e. The van der Waals surface area contributed by atoms with E-state index in [0.717, 1.165) is 27.7 Å². The van der Waals surface area contributed by atoms with Crippen LogP contribution in [0.1, 0.15) is 29.9 Å². The van der Waals surface area contributed by atoms with Gasteiger partial charge in [0.05, 0.1) is 5.52 Å². The van der Waals surface area contributed by atoms with Gasteiger partial charge in [-0.15, -0.1) is 0 Å². The van der Waals surface area contributed by atoms with Crippen molar-refractivity contribution in [3.05, 3.63) is 53.9 Å². The van der Waals surface area contributed by atoms with E-state index in [1.807, 2.05) is 53.3 Å². The van der Waals surface area contributed by atoms with Crippen molar-refractivity contribution in [1.29, 1.82) is 0 Å². The number of nitrogens with zero attached hydrogens (tertiary/aromatic N) is 2. The monoisotopic (exact) mass is 397 g/mol. The second-order valence-corrected chi connectivity index (χ2v) is 8.10. The molecule has 1 amide bonds. The lowest BCUT2D eigenvalue weighted by Gasteiger charge is -2.27. The first-order valence-corrected chi connectivity index (χ1v) is 10.4. The minimum Gasteiger partial charge on any atom is -0.486 e. The van der Waals surface area contributed by atoms with E-state index in [2.05, 4.69) is 24.1 Å². The summed E-state index contributed by atoms with van der Waals surface area (Å²) in [5.74, 6) is 1.35. The second-order valence-electron chi connectivity index (χ2n) is 7.33. The molecule has 2 aromatic heterocycles. The average Bonchev–Trinajstić information content (AvgIpc) is 3.10. The van der Waals surface area contributed by atoms with Crippen LogP contribution in [0.25, 0.3) is 5.52 Å². The zero-order chi connectivity index (χ0) is 19.7. The molecule has 0 fully saturated rings. The molecule has 3 aromatic rings. The Hall–Kier alpha value is -2.67. The van der Waals surface area contributed by atoms with E-state index >= 15 is 0 Å². The van der Waals surface area contributed by atoms with E-state index in [1.54, 1.807) is 0 Å². The molecule has 0 bridgehead atoms. The van der Waals surface area contributed by atoms with Crippen LogP contribution in [0.4, 0.5) is 0 Å². The molecule has 28 heavy (non-hydrogen) atoms. The molecule has 7 heteroatoms. The van der Waals surface area contributed by atoms with Gasteiger partial charge in [-0.05, 0) is 36.1 Å². The Balaban J connectivity index is 1.53. The Morgan fingerprint density at radius 3 is 2.79 bits per heavy atom. The average molecular weight is 398 g/mol. The van der Waals surface area contributed by atoms with Gasteiger partial charge < -0.3 is 14.8 Å². The van der Waals surface area contributed by atoms with Crippen LogP contribution >= 0.6 is 11.8 Å². The van der Waals surface area contributed by atoms with Gasteiger partial charge in [0.2, 0.25) is 0 Å². The lowest BCUT2D eigenvalue weighted by molar-refractivity contribution is 0.0942. The van der Waals surface area contributed by atoms with Gasteiger partial charge in [0.15, 0.2) is 22.3 Å². The van der Waals surface area contributed by atoms with E-state index in [9.17, 15) is 4.79 Å². The summed E-state index contributed by atoms with van der Waals surface area (Å²) in [6.07, 6.45) is 3.87. The molecule has 0 spiro atoms. The highest BCUT2D eigenvalue weighted by atomic mass is 32.2. The highest BCUT2D eigenvalue weighted by molar-refractivity contribution is 7.98. The number of aromatic nitrogens is 2. The number of carbonyl (C=O) groups is 1. The minimum absolute atomic E-state index is 0.172. The van der Waals surface area contributed by atoms with Gasteiger partial charge in [0, 0.05) is 18.2 Å². The summed E-state index contributed by atoms with van der Waals surface area (Å²) >= 11 is 1.52. The van der Waals surface area contributed by atoms with Crippen molar-refractivity contribution in [2.24, 2.45) is 0 Å². The third kappa shape index (κ3) is 3.42. The van der Waals surface area contributed by atoms with E-state index in [-0.39, 0.29) is 11.3 Å². The lowest BCUT2D eigenvalue weighted by Crippen LogP contribution is -2.37. The molecule has 3 heterocycles. The number of nitrogens with one attached hydrogen (secondary N) is 1. The Bertz CT molecular complexity index is 1030. The maximum Gasteiger partial charge on any atom is 0.272 e. The molecular formula is C21H23N3O3S. The number of thioether (sulfide) groups is 1. The molecule has 1 aliphatic heterocycles. The fraction of sp³-hybridized carbons (Fsp3) is 0.333. The molecule has 146 valence electrons. The fourth-order valence-electron chi connectivity index (χ4n) is 3.27. The number of hydrogen-bond donors (Lipinski definition) is 1. The first kappa shape index (κ1) is 18.7. The predicted octanol–water partition coefficient (Wildman–Crippen LogP) is 3.54. The molecule has 0 saturated heterocycles. The third-order valence-electron chi connectivity index (χ3n) is 4.93. The third-order valence-corrected chi connectivity index (χ3v) is 5.58. The SMILES string of the molecule is CSc1nc(C(=O)NCC(C)(C)c2ccc3c(c2)OCCO3)c2ccccn12. The van der Waals surface area contributed by atoms with Crippen molar-refractivity contribution < 1.29 is 14.3 Å². The molecule has 0 unspecified atom stereocenters. The van der Waals surface area contributed by atoms with Crippen molar-refractivity contribution in [2.45, 2.75) is 24.4 Å². The summed E-state index contributed by atoms with van der Waals surface area (Å²) in [5.41, 5.74) is 2.06. The number of carbonyl (C=O) groups excluding carboxylic acids is 1. The predicted molar refractivity (Wildman–Crippen MR) is 110 cm³/mol.